The van der Waals surface area contributed by atoms with Gasteiger partial charge in [0.2, 0.25) is 0 Å². The summed E-state index contributed by atoms with van der Waals surface area (Å²) in [7, 11) is 0. The highest BCUT2D eigenvalue weighted by atomic mass is 35.5. The zero-order valence-corrected chi connectivity index (χ0v) is 14.0. The Bertz CT molecular complexity index is 729. The third kappa shape index (κ3) is 4.17. The van der Waals surface area contributed by atoms with Gasteiger partial charge in [-0.1, -0.05) is 72.3 Å². The number of rotatable bonds is 5. The number of halogens is 1. The normalized spacial score (nSPS) is 13.5. The minimum Gasteiger partial charge on any atom is -0.387 e. The number of aliphatic hydroxyl groups is 1. The second kappa shape index (κ2) is 7.69. The van der Waals surface area contributed by atoms with Crippen LogP contribution in [-0.4, -0.2) is 5.11 Å². The molecule has 0 aliphatic rings. The van der Waals surface area contributed by atoms with E-state index in [1.54, 1.807) is 11.8 Å². The molecule has 0 saturated heterocycles. The van der Waals surface area contributed by atoms with Crippen LogP contribution >= 0.6 is 23.4 Å². The summed E-state index contributed by atoms with van der Waals surface area (Å²) in [4.78, 5) is 1.08. The summed E-state index contributed by atoms with van der Waals surface area (Å²) in [6.45, 7) is 0. The second-order valence-corrected chi connectivity index (χ2v) is 6.91. The topological polar surface area (TPSA) is 20.2 Å². The fraction of sp³-hybridized carbons (Fsp3) is 0.100. The van der Waals surface area contributed by atoms with Crippen LogP contribution in [0, 0.1) is 0 Å². The predicted molar refractivity (Wildman–Crippen MR) is 97.9 cm³/mol. The first-order valence-electron chi connectivity index (χ1n) is 7.44. The van der Waals surface area contributed by atoms with E-state index in [0.717, 1.165) is 16.0 Å². The standard InChI is InChI=1S/C20H17ClOS/c21-17-11-13-18(14-12-17)23-20(16-9-5-2-6-10-16)19(22)15-7-3-1-4-8-15/h1-14,19-20,22H/t19-,20-/m0/s1. The first kappa shape index (κ1) is 16.1. The Labute approximate surface area is 145 Å². The molecular formula is C20H17ClOS. The molecule has 3 aromatic carbocycles. The van der Waals surface area contributed by atoms with Crippen molar-refractivity contribution in [3.63, 3.8) is 0 Å². The predicted octanol–water partition coefficient (Wildman–Crippen LogP) is 5.91. The monoisotopic (exact) mass is 340 g/mol. The van der Waals surface area contributed by atoms with Gasteiger partial charge in [-0.05, 0) is 35.4 Å². The molecule has 1 N–H and O–H groups in total. The van der Waals surface area contributed by atoms with Crippen molar-refractivity contribution in [1.82, 2.24) is 0 Å². The van der Waals surface area contributed by atoms with Crippen LogP contribution in [0.25, 0.3) is 0 Å². The zero-order valence-electron chi connectivity index (χ0n) is 12.5. The van der Waals surface area contributed by atoms with E-state index in [-0.39, 0.29) is 5.25 Å². The Morgan fingerprint density at radius 2 is 1.22 bits per heavy atom. The van der Waals surface area contributed by atoms with Crippen molar-refractivity contribution in [3.8, 4) is 0 Å². The van der Waals surface area contributed by atoms with Crippen molar-refractivity contribution in [2.75, 3.05) is 0 Å². The molecule has 23 heavy (non-hydrogen) atoms. The smallest absolute Gasteiger partial charge is 0.0952 e. The van der Waals surface area contributed by atoms with E-state index in [1.165, 1.54) is 0 Å². The van der Waals surface area contributed by atoms with Gasteiger partial charge in [0, 0.05) is 9.92 Å². The molecule has 3 rings (SSSR count). The lowest BCUT2D eigenvalue weighted by Gasteiger charge is -2.23. The number of thioether (sulfide) groups is 1. The minimum absolute atomic E-state index is 0.0835. The van der Waals surface area contributed by atoms with Crippen LogP contribution in [0.5, 0.6) is 0 Å². The van der Waals surface area contributed by atoms with Crippen LogP contribution in [0.3, 0.4) is 0 Å². The van der Waals surface area contributed by atoms with Gasteiger partial charge in [0.15, 0.2) is 0 Å². The summed E-state index contributed by atoms with van der Waals surface area (Å²) in [5.41, 5.74) is 2.02. The fourth-order valence-electron chi connectivity index (χ4n) is 2.44. The van der Waals surface area contributed by atoms with E-state index in [1.807, 2.05) is 72.8 Å². The second-order valence-electron chi connectivity index (χ2n) is 5.26. The molecule has 0 saturated carbocycles. The Morgan fingerprint density at radius 3 is 1.78 bits per heavy atom. The van der Waals surface area contributed by atoms with Crippen LogP contribution in [0.2, 0.25) is 5.02 Å². The summed E-state index contributed by atoms with van der Waals surface area (Å²) in [6, 6.07) is 27.6. The van der Waals surface area contributed by atoms with Crippen molar-refractivity contribution in [2.45, 2.75) is 16.2 Å². The van der Waals surface area contributed by atoms with Crippen molar-refractivity contribution in [1.29, 1.82) is 0 Å². The molecule has 0 fully saturated rings. The third-order valence-corrected chi connectivity index (χ3v) is 5.21. The molecule has 3 heteroatoms. The van der Waals surface area contributed by atoms with Gasteiger partial charge in [0.25, 0.3) is 0 Å². The number of hydrogen-bond acceptors (Lipinski definition) is 2. The number of aliphatic hydroxyl groups excluding tert-OH is 1. The Kier molecular flexibility index (Phi) is 5.39. The SMILES string of the molecule is O[C@@H](c1ccccc1)[C@@H](Sc1ccc(Cl)cc1)c1ccccc1. The summed E-state index contributed by atoms with van der Waals surface area (Å²) in [5, 5.41) is 11.5. The van der Waals surface area contributed by atoms with Crippen LogP contribution < -0.4 is 0 Å². The maximum Gasteiger partial charge on any atom is 0.0952 e. The van der Waals surface area contributed by atoms with Crippen LogP contribution in [0.4, 0.5) is 0 Å². The van der Waals surface area contributed by atoms with Crippen molar-refractivity contribution < 1.29 is 5.11 Å². The molecule has 0 amide bonds. The summed E-state index contributed by atoms with van der Waals surface area (Å²) >= 11 is 7.61. The van der Waals surface area contributed by atoms with Crippen LogP contribution in [0.15, 0.2) is 89.8 Å². The molecule has 0 aliphatic heterocycles. The Morgan fingerprint density at radius 1 is 0.696 bits per heavy atom. The van der Waals surface area contributed by atoms with Gasteiger partial charge >= 0.3 is 0 Å². The fourth-order valence-corrected chi connectivity index (χ4v) is 3.73. The molecule has 3 aromatic rings. The molecule has 0 spiro atoms. The van der Waals surface area contributed by atoms with E-state index in [2.05, 4.69) is 12.1 Å². The Balaban J connectivity index is 1.92. The van der Waals surface area contributed by atoms with Crippen molar-refractivity contribution in [2.24, 2.45) is 0 Å². The molecule has 0 radical (unpaired) electrons. The lowest BCUT2D eigenvalue weighted by Crippen LogP contribution is -2.08. The van der Waals surface area contributed by atoms with Crippen LogP contribution in [0.1, 0.15) is 22.5 Å². The zero-order chi connectivity index (χ0) is 16.1. The molecule has 1 nitrogen and oxygen atoms in total. The van der Waals surface area contributed by atoms with E-state index in [4.69, 9.17) is 11.6 Å². The quantitative estimate of drug-likeness (QED) is 0.583. The van der Waals surface area contributed by atoms with Crippen LogP contribution in [-0.2, 0) is 0 Å². The van der Waals surface area contributed by atoms with Gasteiger partial charge in [-0.3, -0.25) is 0 Å². The van der Waals surface area contributed by atoms with Gasteiger partial charge < -0.3 is 5.11 Å². The molecule has 0 aliphatic carbocycles. The lowest BCUT2D eigenvalue weighted by atomic mass is 10.0. The van der Waals surface area contributed by atoms with E-state index >= 15 is 0 Å². The largest absolute Gasteiger partial charge is 0.387 e. The molecule has 0 heterocycles. The highest BCUT2D eigenvalue weighted by Gasteiger charge is 2.23. The van der Waals surface area contributed by atoms with Gasteiger partial charge in [-0.15, -0.1) is 11.8 Å². The molecule has 116 valence electrons. The van der Waals surface area contributed by atoms with Gasteiger partial charge in [0.1, 0.15) is 0 Å². The minimum atomic E-state index is -0.584. The van der Waals surface area contributed by atoms with Crippen molar-refractivity contribution in [3.05, 3.63) is 101 Å². The lowest BCUT2D eigenvalue weighted by molar-refractivity contribution is 0.175. The first-order chi connectivity index (χ1) is 11.2. The first-order valence-corrected chi connectivity index (χ1v) is 8.70. The van der Waals surface area contributed by atoms with E-state index < -0.39 is 6.10 Å². The molecule has 0 aromatic heterocycles. The van der Waals surface area contributed by atoms with Crippen molar-refractivity contribution >= 4 is 23.4 Å². The summed E-state index contributed by atoms with van der Waals surface area (Å²) < 4.78 is 0. The third-order valence-electron chi connectivity index (χ3n) is 3.63. The highest BCUT2D eigenvalue weighted by Crippen LogP contribution is 2.44. The van der Waals surface area contributed by atoms with Gasteiger partial charge in [0.05, 0.1) is 11.4 Å². The number of hydrogen-bond donors (Lipinski definition) is 1. The molecule has 0 unspecified atom stereocenters. The summed E-state index contributed by atoms with van der Waals surface area (Å²) in [6.07, 6.45) is -0.584. The van der Waals surface area contributed by atoms with E-state index in [0.29, 0.717) is 5.02 Å². The maximum absolute atomic E-state index is 10.9. The van der Waals surface area contributed by atoms with E-state index in [9.17, 15) is 5.11 Å². The maximum atomic E-state index is 10.9. The average molecular weight is 341 g/mol. The molecule has 2 atom stereocenters. The number of benzene rings is 3. The molecule has 0 bridgehead atoms. The molecular weight excluding hydrogens is 324 g/mol. The summed E-state index contributed by atoms with van der Waals surface area (Å²) in [5.74, 6) is 0. The Hall–Kier alpha value is -1.74. The highest BCUT2D eigenvalue weighted by molar-refractivity contribution is 7.99. The average Bonchev–Trinajstić information content (AvgIpc) is 2.62. The van der Waals surface area contributed by atoms with Gasteiger partial charge in [-0.2, -0.15) is 0 Å². The van der Waals surface area contributed by atoms with Gasteiger partial charge in [-0.25, -0.2) is 0 Å².